The number of benzene rings is 2. The SMILES string of the molecule is CC(C)(C)c1cc(C(=O)N2CCN(c3ccc(N)cc3)CC2)cc(C(C)(C)C)c1O. The number of hydrogen-bond acceptors (Lipinski definition) is 4. The summed E-state index contributed by atoms with van der Waals surface area (Å²) < 4.78 is 0. The lowest BCUT2D eigenvalue weighted by molar-refractivity contribution is 0.0746. The molecule has 1 heterocycles. The van der Waals surface area contributed by atoms with Crippen LogP contribution >= 0.6 is 0 Å². The Bertz CT molecular complexity index is 878. The summed E-state index contributed by atoms with van der Waals surface area (Å²) in [6.07, 6.45) is 0. The minimum Gasteiger partial charge on any atom is -0.507 e. The number of nitrogens with zero attached hydrogens (tertiary/aromatic N) is 2. The molecule has 0 unspecified atom stereocenters. The molecule has 0 spiro atoms. The number of phenols is 1. The van der Waals surface area contributed by atoms with Crippen LogP contribution in [0, 0.1) is 0 Å². The molecule has 0 aromatic heterocycles. The van der Waals surface area contributed by atoms with E-state index in [0.29, 0.717) is 24.4 Å². The molecule has 0 radical (unpaired) electrons. The van der Waals surface area contributed by atoms with Crippen LogP contribution in [0.4, 0.5) is 11.4 Å². The molecule has 2 aromatic carbocycles. The van der Waals surface area contributed by atoms with Crippen molar-refractivity contribution in [2.45, 2.75) is 52.4 Å². The average Bonchev–Trinajstić information content (AvgIpc) is 2.66. The fourth-order valence-electron chi connectivity index (χ4n) is 3.94. The van der Waals surface area contributed by atoms with Crippen molar-refractivity contribution in [1.82, 2.24) is 4.90 Å². The second-order valence-corrected chi connectivity index (χ2v) is 10.3. The van der Waals surface area contributed by atoms with E-state index in [-0.39, 0.29) is 16.7 Å². The van der Waals surface area contributed by atoms with Crippen molar-refractivity contribution in [1.29, 1.82) is 0 Å². The van der Waals surface area contributed by atoms with Crippen LogP contribution in [0.2, 0.25) is 0 Å². The number of rotatable bonds is 2. The quantitative estimate of drug-likeness (QED) is 0.715. The first-order valence-corrected chi connectivity index (χ1v) is 10.7. The minimum absolute atomic E-state index is 0.0305. The van der Waals surface area contributed by atoms with Crippen LogP contribution in [0.5, 0.6) is 5.75 Å². The van der Waals surface area contributed by atoms with Crippen LogP contribution in [-0.2, 0) is 10.8 Å². The third-order valence-corrected chi connectivity index (χ3v) is 5.80. The summed E-state index contributed by atoms with van der Waals surface area (Å²) in [5.74, 6) is 0.336. The number of piperazine rings is 1. The van der Waals surface area contributed by atoms with E-state index in [4.69, 9.17) is 5.73 Å². The zero-order valence-electron chi connectivity index (χ0n) is 19.1. The van der Waals surface area contributed by atoms with Gasteiger partial charge in [0.2, 0.25) is 0 Å². The maximum absolute atomic E-state index is 13.4. The molecular weight excluding hydrogens is 374 g/mol. The van der Waals surface area contributed by atoms with Crippen LogP contribution in [0.3, 0.4) is 0 Å². The Morgan fingerprint density at radius 3 is 1.77 bits per heavy atom. The van der Waals surface area contributed by atoms with Crippen molar-refractivity contribution >= 4 is 17.3 Å². The van der Waals surface area contributed by atoms with Crippen molar-refractivity contribution in [3.05, 3.63) is 53.1 Å². The van der Waals surface area contributed by atoms with Gasteiger partial charge in [-0.2, -0.15) is 0 Å². The van der Waals surface area contributed by atoms with Gasteiger partial charge in [-0.25, -0.2) is 0 Å². The highest BCUT2D eigenvalue weighted by Gasteiger charge is 2.30. The topological polar surface area (TPSA) is 69.8 Å². The second kappa shape index (κ2) is 7.86. The summed E-state index contributed by atoms with van der Waals surface area (Å²) in [6, 6.07) is 11.6. The first-order chi connectivity index (χ1) is 13.9. The fourth-order valence-corrected chi connectivity index (χ4v) is 3.94. The number of hydrogen-bond donors (Lipinski definition) is 2. The van der Waals surface area contributed by atoms with E-state index in [1.54, 1.807) is 0 Å². The molecule has 1 amide bonds. The van der Waals surface area contributed by atoms with E-state index < -0.39 is 0 Å². The largest absolute Gasteiger partial charge is 0.507 e. The lowest BCUT2D eigenvalue weighted by Crippen LogP contribution is -2.48. The molecule has 5 heteroatoms. The molecule has 1 aliphatic heterocycles. The molecule has 0 atom stereocenters. The molecular formula is C25H35N3O2. The molecule has 1 saturated heterocycles. The molecule has 3 N–H and O–H groups in total. The number of carbonyl (C=O) groups is 1. The predicted octanol–water partition coefficient (Wildman–Crippen LogP) is 4.53. The van der Waals surface area contributed by atoms with Crippen LogP contribution in [0.1, 0.15) is 63.0 Å². The van der Waals surface area contributed by atoms with E-state index in [0.717, 1.165) is 35.6 Å². The van der Waals surface area contributed by atoms with Crippen molar-refractivity contribution in [3.63, 3.8) is 0 Å². The summed E-state index contributed by atoms with van der Waals surface area (Å²) in [4.78, 5) is 17.6. The molecule has 1 fully saturated rings. The zero-order valence-corrected chi connectivity index (χ0v) is 19.1. The molecule has 0 bridgehead atoms. The van der Waals surface area contributed by atoms with Crippen LogP contribution < -0.4 is 10.6 Å². The highest BCUT2D eigenvalue weighted by Crippen LogP contribution is 2.40. The number of amides is 1. The van der Waals surface area contributed by atoms with E-state index in [2.05, 4.69) is 46.4 Å². The number of phenolic OH excluding ortho intramolecular Hbond substituents is 1. The number of aromatic hydroxyl groups is 1. The Morgan fingerprint density at radius 1 is 0.867 bits per heavy atom. The zero-order chi connectivity index (χ0) is 22.3. The third-order valence-electron chi connectivity index (χ3n) is 5.80. The molecule has 162 valence electrons. The predicted molar refractivity (Wildman–Crippen MR) is 124 cm³/mol. The standard InChI is InChI=1S/C25H35N3O2/c1-24(2,3)20-15-17(16-21(22(20)29)25(4,5)6)23(30)28-13-11-27(12-14-28)19-9-7-18(26)8-10-19/h7-10,15-16,29H,11-14,26H2,1-6H3. The number of carbonyl (C=O) groups excluding carboxylic acids is 1. The molecule has 3 rings (SSSR count). The van der Waals surface area contributed by atoms with Gasteiger partial charge in [0.1, 0.15) is 5.75 Å². The van der Waals surface area contributed by atoms with Crippen LogP contribution in [0.25, 0.3) is 0 Å². The summed E-state index contributed by atoms with van der Waals surface area (Å²) in [6.45, 7) is 15.3. The van der Waals surface area contributed by atoms with E-state index in [9.17, 15) is 9.90 Å². The van der Waals surface area contributed by atoms with Crippen LogP contribution in [0.15, 0.2) is 36.4 Å². The lowest BCUT2D eigenvalue weighted by atomic mass is 9.78. The van der Waals surface area contributed by atoms with Crippen molar-refractivity contribution < 1.29 is 9.90 Å². The summed E-state index contributed by atoms with van der Waals surface area (Å²) in [5, 5.41) is 10.9. The van der Waals surface area contributed by atoms with Gasteiger partial charge in [-0.3, -0.25) is 4.79 Å². The van der Waals surface area contributed by atoms with Crippen LogP contribution in [-0.4, -0.2) is 42.1 Å². The van der Waals surface area contributed by atoms with Crippen molar-refractivity contribution in [2.75, 3.05) is 36.8 Å². The van der Waals surface area contributed by atoms with Gasteiger partial charge in [0, 0.05) is 54.2 Å². The number of nitrogen functional groups attached to an aromatic ring is 1. The molecule has 30 heavy (non-hydrogen) atoms. The van der Waals surface area contributed by atoms with Gasteiger partial charge in [0.15, 0.2) is 0 Å². The number of anilines is 2. The first-order valence-electron chi connectivity index (χ1n) is 10.7. The smallest absolute Gasteiger partial charge is 0.253 e. The van der Waals surface area contributed by atoms with Gasteiger partial charge in [0.05, 0.1) is 0 Å². The Kier molecular flexibility index (Phi) is 5.76. The molecule has 1 aliphatic rings. The van der Waals surface area contributed by atoms with E-state index in [1.807, 2.05) is 41.3 Å². The molecule has 0 aliphatic carbocycles. The van der Waals surface area contributed by atoms with Gasteiger partial charge in [0.25, 0.3) is 5.91 Å². The van der Waals surface area contributed by atoms with Crippen molar-refractivity contribution in [2.24, 2.45) is 0 Å². The van der Waals surface area contributed by atoms with E-state index in [1.165, 1.54) is 0 Å². The highest BCUT2D eigenvalue weighted by atomic mass is 16.3. The van der Waals surface area contributed by atoms with Gasteiger partial charge in [-0.15, -0.1) is 0 Å². The summed E-state index contributed by atoms with van der Waals surface area (Å²) >= 11 is 0. The Morgan fingerprint density at radius 2 is 1.33 bits per heavy atom. The molecule has 0 saturated carbocycles. The monoisotopic (exact) mass is 409 g/mol. The minimum atomic E-state index is -0.256. The van der Waals surface area contributed by atoms with Crippen molar-refractivity contribution in [3.8, 4) is 5.75 Å². The maximum atomic E-state index is 13.4. The Labute approximate surface area is 180 Å². The average molecular weight is 410 g/mol. The van der Waals surface area contributed by atoms with Gasteiger partial charge >= 0.3 is 0 Å². The Hall–Kier alpha value is -2.69. The lowest BCUT2D eigenvalue weighted by Gasteiger charge is -2.36. The first kappa shape index (κ1) is 22.0. The maximum Gasteiger partial charge on any atom is 0.253 e. The normalized spacial score (nSPS) is 15.4. The summed E-state index contributed by atoms with van der Waals surface area (Å²) in [7, 11) is 0. The van der Waals surface area contributed by atoms with E-state index >= 15 is 0 Å². The Balaban J connectivity index is 1.84. The highest BCUT2D eigenvalue weighted by molar-refractivity contribution is 5.95. The summed E-state index contributed by atoms with van der Waals surface area (Å²) in [5.41, 5.74) is 9.45. The fraction of sp³-hybridized carbons (Fsp3) is 0.480. The second-order valence-electron chi connectivity index (χ2n) is 10.3. The van der Waals surface area contributed by atoms with Gasteiger partial charge < -0.3 is 20.6 Å². The number of nitrogens with two attached hydrogens (primary N) is 1. The molecule has 5 nitrogen and oxygen atoms in total. The van der Waals surface area contributed by atoms with Gasteiger partial charge in [-0.1, -0.05) is 41.5 Å². The molecule has 2 aromatic rings. The third kappa shape index (κ3) is 4.55. The van der Waals surface area contributed by atoms with Gasteiger partial charge in [-0.05, 0) is 47.2 Å².